The van der Waals surface area contributed by atoms with E-state index in [-0.39, 0.29) is 17.4 Å². The van der Waals surface area contributed by atoms with Crippen LogP contribution in [0.15, 0.2) is 53.5 Å². The third-order valence-electron chi connectivity index (χ3n) is 4.17. The molecule has 0 aliphatic rings. The summed E-state index contributed by atoms with van der Waals surface area (Å²) >= 11 is 6.05. The molecular weight excluding hydrogens is 404 g/mol. The van der Waals surface area contributed by atoms with Gasteiger partial charge in [-0.1, -0.05) is 29.8 Å². The number of alkyl halides is 2. The lowest BCUT2D eigenvalue weighted by molar-refractivity contribution is -0.0502. The molecule has 0 saturated carbocycles. The molecule has 3 rings (SSSR count). The second-order valence-electron chi connectivity index (χ2n) is 6.13. The molecule has 3 aromatic rings. The molecule has 29 heavy (non-hydrogen) atoms. The zero-order valence-electron chi connectivity index (χ0n) is 15.7. The first-order chi connectivity index (χ1) is 13.9. The van der Waals surface area contributed by atoms with Gasteiger partial charge in [-0.2, -0.15) is 13.8 Å². The Morgan fingerprint density at radius 3 is 2.66 bits per heavy atom. The second-order valence-corrected chi connectivity index (χ2v) is 6.56. The van der Waals surface area contributed by atoms with Crippen molar-refractivity contribution in [1.29, 1.82) is 0 Å². The Balaban J connectivity index is 2.00. The first-order valence-corrected chi connectivity index (χ1v) is 8.96. The summed E-state index contributed by atoms with van der Waals surface area (Å²) in [6, 6.07) is 11.9. The monoisotopic (exact) mass is 421 g/mol. The summed E-state index contributed by atoms with van der Waals surface area (Å²) in [7, 11) is 1.38. The maximum atomic E-state index is 12.6. The van der Waals surface area contributed by atoms with Gasteiger partial charge in [0.05, 0.1) is 19.9 Å². The Labute approximate surface area is 170 Å². The van der Waals surface area contributed by atoms with Gasteiger partial charge in [0, 0.05) is 16.3 Å². The van der Waals surface area contributed by atoms with Crippen LogP contribution in [0, 0.1) is 6.92 Å². The molecule has 0 spiro atoms. The zero-order chi connectivity index (χ0) is 21.0. The fourth-order valence-corrected chi connectivity index (χ4v) is 2.97. The summed E-state index contributed by atoms with van der Waals surface area (Å²) in [4.78, 5) is 16.2. The molecule has 2 aromatic carbocycles. The van der Waals surface area contributed by atoms with Gasteiger partial charge in [-0.05, 0) is 36.8 Å². The molecule has 0 bridgehead atoms. The van der Waals surface area contributed by atoms with Crippen LogP contribution in [-0.2, 0) is 6.54 Å². The van der Waals surface area contributed by atoms with Crippen LogP contribution in [0.3, 0.4) is 0 Å². The van der Waals surface area contributed by atoms with Gasteiger partial charge in [0.2, 0.25) is 11.7 Å². The maximum Gasteiger partial charge on any atom is 0.387 e. The molecule has 0 aliphatic heterocycles. The number of ether oxygens (including phenoxy) is 2. The Bertz CT molecular complexity index is 1070. The van der Waals surface area contributed by atoms with E-state index in [1.165, 1.54) is 19.4 Å². The van der Waals surface area contributed by atoms with Crippen molar-refractivity contribution in [2.24, 2.45) is 0 Å². The largest absolute Gasteiger partial charge is 0.490 e. The number of hydrogen-bond acceptors (Lipinski definition) is 5. The van der Waals surface area contributed by atoms with Crippen LogP contribution in [0.2, 0.25) is 5.02 Å². The molecule has 1 aromatic heterocycles. The van der Waals surface area contributed by atoms with Crippen LogP contribution in [-0.4, -0.2) is 23.3 Å². The molecule has 1 heterocycles. The maximum absolute atomic E-state index is 12.6. The number of nitrogens with one attached hydrogen (secondary N) is 1. The topological polar surface area (TPSA) is 65.4 Å². The lowest BCUT2D eigenvalue weighted by Crippen LogP contribution is -2.19. The van der Waals surface area contributed by atoms with Gasteiger partial charge in [0.15, 0.2) is 0 Å². The molecule has 0 amide bonds. The van der Waals surface area contributed by atoms with Gasteiger partial charge in [-0.15, -0.1) is 0 Å². The number of aromatic nitrogens is 2. The SMILES string of the molecule is COc1cn(Cc2cccc(Cl)c2)c(Nc2cccc(OC(F)F)c2C)nc1=O. The summed E-state index contributed by atoms with van der Waals surface area (Å²) < 4.78 is 36.5. The van der Waals surface area contributed by atoms with E-state index in [1.807, 2.05) is 12.1 Å². The number of halogens is 3. The lowest BCUT2D eigenvalue weighted by Gasteiger charge is -2.17. The summed E-state index contributed by atoms with van der Waals surface area (Å²) in [5.41, 5.74) is 1.24. The lowest BCUT2D eigenvalue weighted by atomic mass is 10.2. The number of rotatable bonds is 7. The van der Waals surface area contributed by atoms with Gasteiger partial charge in [-0.3, -0.25) is 4.79 Å². The van der Waals surface area contributed by atoms with Crippen molar-refractivity contribution in [3.05, 3.63) is 75.2 Å². The number of methoxy groups -OCH3 is 1. The van der Waals surface area contributed by atoms with E-state index in [0.29, 0.717) is 22.8 Å². The summed E-state index contributed by atoms with van der Waals surface area (Å²) in [6.45, 7) is -0.967. The number of nitrogens with zero attached hydrogens (tertiary/aromatic N) is 2. The van der Waals surface area contributed by atoms with Gasteiger partial charge < -0.3 is 19.4 Å². The van der Waals surface area contributed by atoms with E-state index < -0.39 is 12.2 Å². The molecule has 0 radical (unpaired) electrons. The van der Waals surface area contributed by atoms with Gasteiger partial charge in [-0.25, -0.2) is 0 Å². The van der Waals surface area contributed by atoms with Crippen LogP contribution in [0.5, 0.6) is 11.5 Å². The van der Waals surface area contributed by atoms with E-state index in [9.17, 15) is 13.6 Å². The van der Waals surface area contributed by atoms with Crippen LogP contribution in [0.4, 0.5) is 20.4 Å². The highest BCUT2D eigenvalue weighted by molar-refractivity contribution is 6.30. The van der Waals surface area contributed by atoms with Gasteiger partial charge in [0.25, 0.3) is 0 Å². The van der Waals surface area contributed by atoms with Crippen molar-refractivity contribution in [1.82, 2.24) is 9.55 Å². The summed E-state index contributed by atoms with van der Waals surface area (Å²) in [5.74, 6) is 0.319. The zero-order valence-corrected chi connectivity index (χ0v) is 16.4. The highest BCUT2D eigenvalue weighted by Gasteiger charge is 2.14. The molecule has 0 fully saturated rings. The average molecular weight is 422 g/mol. The Morgan fingerprint density at radius 1 is 1.21 bits per heavy atom. The van der Waals surface area contributed by atoms with E-state index in [2.05, 4.69) is 15.0 Å². The molecular formula is C20H18ClF2N3O3. The molecule has 0 unspecified atom stereocenters. The molecule has 9 heteroatoms. The Hall–Kier alpha value is -3.13. The minimum atomic E-state index is -2.94. The quantitative estimate of drug-likeness (QED) is 0.603. The predicted molar refractivity (Wildman–Crippen MR) is 107 cm³/mol. The first kappa shape index (κ1) is 20.6. The third-order valence-corrected chi connectivity index (χ3v) is 4.41. The van der Waals surface area contributed by atoms with Crippen molar-refractivity contribution in [3.8, 4) is 11.5 Å². The van der Waals surface area contributed by atoms with Gasteiger partial charge >= 0.3 is 12.2 Å². The van der Waals surface area contributed by atoms with Crippen LogP contribution >= 0.6 is 11.6 Å². The van der Waals surface area contributed by atoms with Crippen LogP contribution < -0.4 is 20.3 Å². The molecule has 1 N–H and O–H groups in total. The van der Waals surface area contributed by atoms with Crippen LogP contribution in [0.25, 0.3) is 0 Å². The summed E-state index contributed by atoms with van der Waals surface area (Å²) in [5, 5.41) is 3.59. The van der Waals surface area contributed by atoms with Crippen molar-refractivity contribution >= 4 is 23.2 Å². The normalized spacial score (nSPS) is 10.8. The first-order valence-electron chi connectivity index (χ1n) is 8.58. The highest BCUT2D eigenvalue weighted by Crippen LogP contribution is 2.29. The second kappa shape index (κ2) is 8.91. The minimum absolute atomic E-state index is 0.0299. The molecule has 152 valence electrons. The third kappa shape index (κ3) is 5.03. The van der Waals surface area contributed by atoms with Crippen molar-refractivity contribution in [2.45, 2.75) is 20.1 Å². The molecule has 6 nitrogen and oxygen atoms in total. The molecule has 0 aliphatic carbocycles. The smallest absolute Gasteiger partial charge is 0.387 e. The predicted octanol–water partition coefficient (Wildman–Crippen LogP) is 4.61. The van der Waals surface area contributed by atoms with E-state index in [0.717, 1.165) is 5.56 Å². The van der Waals surface area contributed by atoms with Gasteiger partial charge in [0.1, 0.15) is 5.75 Å². The fourth-order valence-electron chi connectivity index (χ4n) is 2.76. The standard InChI is InChI=1S/C20H18ClF2N3O3/c1-12-15(7-4-8-16(12)29-19(22)23)24-20-25-18(27)17(28-2)11-26(20)10-13-5-3-6-14(21)9-13/h3-9,11,19H,10H2,1-2H3,(H,24,25,27). The number of hydrogen-bond donors (Lipinski definition) is 1. The fraction of sp³-hybridized carbons (Fsp3) is 0.200. The average Bonchev–Trinajstić information content (AvgIpc) is 2.66. The number of benzene rings is 2. The highest BCUT2D eigenvalue weighted by atomic mass is 35.5. The van der Waals surface area contributed by atoms with Crippen molar-refractivity contribution < 1.29 is 18.3 Å². The van der Waals surface area contributed by atoms with Crippen LogP contribution in [0.1, 0.15) is 11.1 Å². The number of anilines is 2. The Kier molecular flexibility index (Phi) is 6.33. The minimum Gasteiger partial charge on any atom is -0.490 e. The Morgan fingerprint density at radius 2 is 1.97 bits per heavy atom. The van der Waals surface area contributed by atoms with E-state index in [1.54, 1.807) is 35.8 Å². The van der Waals surface area contributed by atoms with E-state index in [4.69, 9.17) is 16.3 Å². The van der Waals surface area contributed by atoms with E-state index >= 15 is 0 Å². The molecule has 0 atom stereocenters. The van der Waals surface area contributed by atoms with Crippen molar-refractivity contribution in [3.63, 3.8) is 0 Å². The molecule has 0 saturated heterocycles. The summed E-state index contributed by atoms with van der Waals surface area (Å²) in [6.07, 6.45) is 1.52. The van der Waals surface area contributed by atoms with Crippen molar-refractivity contribution in [2.75, 3.05) is 12.4 Å².